The van der Waals surface area contributed by atoms with Crippen molar-refractivity contribution in [2.75, 3.05) is 13.1 Å². The third kappa shape index (κ3) is 1.05. The Labute approximate surface area is 66.4 Å². The van der Waals surface area contributed by atoms with E-state index in [0.29, 0.717) is 0 Å². The molecule has 0 spiro atoms. The zero-order chi connectivity index (χ0) is 7.73. The number of nitrogens with one attached hydrogen (secondary N) is 1. The van der Waals surface area contributed by atoms with Gasteiger partial charge in [-0.3, -0.25) is 4.99 Å². The maximum atomic E-state index is 5.65. The van der Waals surface area contributed by atoms with Gasteiger partial charge in [-0.2, -0.15) is 0 Å². The standard InChI is InChI=1S/C8H13N3/c9-6-8(2-3-8)7-10-4-1-5-11-7/h1,4H,2-3,5-6,9H2,(H,10,11). The number of rotatable bonds is 2. The lowest BCUT2D eigenvalue weighted by atomic mass is 10.1. The molecule has 0 atom stereocenters. The van der Waals surface area contributed by atoms with Crippen molar-refractivity contribution < 1.29 is 0 Å². The first-order chi connectivity index (χ1) is 5.37. The van der Waals surface area contributed by atoms with Crippen LogP contribution in [-0.2, 0) is 0 Å². The third-order valence-corrected chi connectivity index (χ3v) is 2.44. The molecule has 2 rings (SSSR count). The van der Waals surface area contributed by atoms with E-state index in [9.17, 15) is 0 Å². The molecule has 1 saturated carbocycles. The van der Waals surface area contributed by atoms with Crippen molar-refractivity contribution in [2.24, 2.45) is 16.1 Å². The molecule has 0 radical (unpaired) electrons. The number of amidine groups is 1. The van der Waals surface area contributed by atoms with Crippen LogP contribution in [-0.4, -0.2) is 18.9 Å². The molecular formula is C8H13N3. The van der Waals surface area contributed by atoms with Crippen LogP contribution in [0.2, 0.25) is 0 Å². The van der Waals surface area contributed by atoms with Gasteiger partial charge in [0.15, 0.2) is 0 Å². The summed E-state index contributed by atoms with van der Waals surface area (Å²) in [7, 11) is 0. The Morgan fingerprint density at radius 3 is 2.91 bits per heavy atom. The molecule has 0 unspecified atom stereocenters. The topological polar surface area (TPSA) is 50.4 Å². The van der Waals surface area contributed by atoms with E-state index in [-0.39, 0.29) is 5.41 Å². The van der Waals surface area contributed by atoms with Crippen LogP contribution in [0.25, 0.3) is 0 Å². The van der Waals surface area contributed by atoms with Gasteiger partial charge >= 0.3 is 0 Å². The molecule has 0 aromatic carbocycles. The number of aliphatic imine (C=N–C) groups is 1. The Kier molecular flexibility index (Phi) is 1.46. The van der Waals surface area contributed by atoms with Crippen LogP contribution in [0, 0.1) is 5.41 Å². The predicted octanol–water partition coefficient (Wildman–Crippen LogP) is 0.241. The molecule has 60 valence electrons. The third-order valence-electron chi connectivity index (χ3n) is 2.44. The predicted molar refractivity (Wildman–Crippen MR) is 45.3 cm³/mol. The summed E-state index contributed by atoms with van der Waals surface area (Å²) in [5.41, 5.74) is 5.88. The van der Waals surface area contributed by atoms with Crippen LogP contribution in [0.4, 0.5) is 0 Å². The van der Waals surface area contributed by atoms with Gasteiger partial charge < -0.3 is 11.1 Å². The number of hydrogen-bond donors (Lipinski definition) is 2. The molecule has 0 amide bonds. The molecule has 0 bridgehead atoms. The smallest absolute Gasteiger partial charge is 0.108 e. The summed E-state index contributed by atoms with van der Waals surface area (Å²) >= 11 is 0. The van der Waals surface area contributed by atoms with Crippen molar-refractivity contribution >= 4 is 5.84 Å². The maximum absolute atomic E-state index is 5.65. The van der Waals surface area contributed by atoms with Crippen LogP contribution >= 0.6 is 0 Å². The highest BCUT2D eigenvalue weighted by Gasteiger charge is 2.46. The fourth-order valence-electron chi connectivity index (χ4n) is 1.39. The fraction of sp³-hybridized carbons (Fsp3) is 0.625. The van der Waals surface area contributed by atoms with Crippen molar-refractivity contribution in [3.05, 3.63) is 12.3 Å². The summed E-state index contributed by atoms with van der Waals surface area (Å²) < 4.78 is 0. The molecule has 2 aliphatic rings. The van der Waals surface area contributed by atoms with E-state index in [4.69, 9.17) is 5.73 Å². The molecule has 0 aromatic heterocycles. The fourth-order valence-corrected chi connectivity index (χ4v) is 1.39. The molecular weight excluding hydrogens is 138 g/mol. The van der Waals surface area contributed by atoms with E-state index >= 15 is 0 Å². The van der Waals surface area contributed by atoms with Gasteiger partial charge in [0.1, 0.15) is 5.84 Å². The normalized spacial score (nSPS) is 25.7. The van der Waals surface area contributed by atoms with Crippen molar-refractivity contribution in [2.45, 2.75) is 12.8 Å². The van der Waals surface area contributed by atoms with E-state index in [0.717, 1.165) is 18.9 Å². The second-order valence-corrected chi connectivity index (χ2v) is 3.22. The summed E-state index contributed by atoms with van der Waals surface area (Å²) in [6.07, 6.45) is 6.36. The van der Waals surface area contributed by atoms with Gasteiger partial charge in [0, 0.05) is 12.0 Å². The van der Waals surface area contributed by atoms with E-state index in [1.165, 1.54) is 12.8 Å². The lowest BCUT2D eigenvalue weighted by Crippen LogP contribution is -2.35. The lowest BCUT2D eigenvalue weighted by molar-refractivity contribution is 0.685. The van der Waals surface area contributed by atoms with Crippen LogP contribution < -0.4 is 11.1 Å². The number of nitrogens with two attached hydrogens (primary N) is 1. The summed E-state index contributed by atoms with van der Waals surface area (Å²) in [5.74, 6) is 1.10. The molecule has 3 N–H and O–H groups in total. The van der Waals surface area contributed by atoms with Crippen molar-refractivity contribution in [3.8, 4) is 0 Å². The maximum Gasteiger partial charge on any atom is 0.108 e. The Morgan fingerprint density at radius 1 is 1.64 bits per heavy atom. The van der Waals surface area contributed by atoms with Gasteiger partial charge in [-0.15, -0.1) is 0 Å². The van der Waals surface area contributed by atoms with Crippen molar-refractivity contribution in [1.82, 2.24) is 5.32 Å². The lowest BCUT2D eigenvalue weighted by Gasteiger charge is -2.17. The average molecular weight is 151 g/mol. The van der Waals surface area contributed by atoms with E-state index in [1.807, 2.05) is 12.3 Å². The summed E-state index contributed by atoms with van der Waals surface area (Å²) in [6, 6.07) is 0. The summed E-state index contributed by atoms with van der Waals surface area (Å²) in [4.78, 5) is 4.37. The average Bonchev–Trinajstić information content (AvgIpc) is 2.86. The van der Waals surface area contributed by atoms with E-state index in [2.05, 4.69) is 10.3 Å². The Morgan fingerprint density at radius 2 is 2.45 bits per heavy atom. The first kappa shape index (κ1) is 6.85. The molecule has 1 aliphatic carbocycles. The quantitative estimate of drug-likeness (QED) is 0.594. The monoisotopic (exact) mass is 151 g/mol. The van der Waals surface area contributed by atoms with Crippen molar-refractivity contribution in [3.63, 3.8) is 0 Å². The Balaban J connectivity index is 2.09. The highest BCUT2D eigenvalue weighted by molar-refractivity contribution is 5.92. The van der Waals surface area contributed by atoms with Crippen LogP contribution in [0.15, 0.2) is 17.3 Å². The molecule has 3 nitrogen and oxygen atoms in total. The highest BCUT2D eigenvalue weighted by atomic mass is 15.0. The van der Waals surface area contributed by atoms with E-state index in [1.54, 1.807) is 0 Å². The van der Waals surface area contributed by atoms with Gasteiger partial charge in [0.05, 0.1) is 6.54 Å². The molecule has 1 fully saturated rings. The minimum Gasteiger partial charge on any atom is -0.350 e. The molecule has 3 heteroatoms. The van der Waals surface area contributed by atoms with E-state index < -0.39 is 0 Å². The highest BCUT2D eigenvalue weighted by Crippen LogP contribution is 2.45. The van der Waals surface area contributed by atoms with Crippen LogP contribution in [0.1, 0.15) is 12.8 Å². The first-order valence-corrected chi connectivity index (χ1v) is 4.04. The van der Waals surface area contributed by atoms with Crippen molar-refractivity contribution in [1.29, 1.82) is 0 Å². The molecule has 1 aliphatic heterocycles. The van der Waals surface area contributed by atoms with Gasteiger partial charge in [-0.1, -0.05) is 0 Å². The molecule has 11 heavy (non-hydrogen) atoms. The van der Waals surface area contributed by atoms with Gasteiger partial charge in [-0.05, 0) is 25.1 Å². The zero-order valence-corrected chi connectivity index (χ0v) is 6.51. The number of hydrogen-bond acceptors (Lipinski definition) is 3. The molecule has 1 heterocycles. The minimum atomic E-state index is 0.227. The van der Waals surface area contributed by atoms with Crippen LogP contribution in [0.5, 0.6) is 0 Å². The second kappa shape index (κ2) is 2.34. The minimum absolute atomic E-state index is 0.227. The largest absolute Gasteiger partial charge is 0.350 e. The molecule has 0 aromatic rings. The summed E-state index contributed by atoms with van der Waals surface area (Å²) in [6.45, 7) is 1.54. The van der Waals surface area contributed by atoms with Gasteiger partial charge in [0.25, 0.3) is 0 Å². The summed E-state index contributed by atoms with van der Waals surface area (Å²) in [5, 5.41) is 3.16. The SMILES string of the molecule is NCC1(C2=NCC=CN2)CC1. The zero-order valence-electron chi connectivity index (χ0n) is 6.51. The second-order valence-electron chi connectivity index (χ2n) is 3.22. The number of nitrogens with zero attached hydrogens (tertiary/aromatic N) is 1. The Hall–Kier alpha value is -0.830. The first-order valence-electron chi connectivity index (χ1n) is 4.04. The van der Waals surface area contributed by atoms with Gasteiger partial charge in [0.2, 0.25) is 0 Å². The van der Waals surface area contributed by atoms with Crippen LogP contribution in [0.3, 0.4) is 0 Å². The van der Waals surface area contributed by atoms with Gasteiger partial charge in [-0.25, -0.2) is 0 Å². The molecule has 0 saturated heterocycles. The Bertz CT molecular complexity index is 213.